The summed E-state index contributed by atoms with van der Waals surface area (Å²) in [6.45, 7) is 0.730. The molecule has 0 unspecified atom stereocenters. The van der Waals surface area contributed by atoms with Crippen molar-refractivity contribution in [2.24, 2.45) is 0 Å². The zero-order chi connectivity index (χ0) is 13.7. The lowest BCUT2D eigenvalue weighted by Crippen LogP contribution is -2.05. The number of para-hydroxylation sites is 2. The second kappa shape index (κ2) is 6.45. The predicted octanol–water partition coefficient (Wildman–Crippen LogP) is 3.86. The molecule has 100 valence electrons. The second-order valence-corrected chi connectivity index (χ2v) is 4.44. The molecular formula is C15H16ClNO2. The third kappa shape index (κ3) is 3.40. The highest BCUT2D eigenvalue weighted by atomic mass is 35.5. The summed E-state index contributed by atoms with van der Waals surface area (Å²) in [4.78, 5) is 0. The van der Waals surface area contributed by atoms with Gasteiger partial charge in [0.2, 0.25) is 0 Å². The number of nitrogens with one attached hydrogen (secondary N) is 1. The Morgan fingerprint density at radius 1 is 1.11 bits per heavy atom. The maximum Gasteiger partial charge on any atom is 0.169 e. The molecule has 3 nitrogen and oxygen atoms in total. The Balaban J connectivity index is 2.21. The summed E-state index contributed by atoms with van der Waals surface area (Å²) in [5, 5.41) is 3.75. The van der Waals surface area contributed by atoms with Crippen LogP contribution in [0.15, 0.2) is 42.5 Å². The summed E-state index contributed by atoms with van der Waals surface area (Å²) in [5.41, 5.74) is 1.04. The van der Waals surface area contributed by atoms with Crippen molar-refractivity contribution in [1.29, 1.82) is 0 Å². The van der Waals surface area contributed by atoms with E-state index in [0.717, 1.165) is 12.1 Å². The van der Waals surface area contributed by atoms with Crippen molar-refractivity contribution in [3.8, 4) is 17.2 Å². The first kappa shape index (κ1) is 13.7. The van der Waals surface area contributed by atoms with Gasteiger partial charge < -0.3 is 14.8 Å². The number of hydrogen-bond acceptors (Lipinski definition) is 3. The average Bonchev–Trinajstić information content (AvgIpc) is 2.43. The molecule has 4 heteroatoms. The van der Waals surface area contributed by atoms with Gasteiger partial charge in [-0.15, -0.1) is 0 Å². The van der Waals surface area contributed by atoms with Crippen molar-refractivity contribution in [1.82, 2.24) is 5.32 Å². The van der Waals surface area contributed by atoms with Crippen LogP contribution >= 0.6 is 11.6 Å². The Morgan fingerprint density at radius 2 is 1.84 bits per heavy atom. The van der Waals surface area contributed by atoms with Crippen LogP contribution < -0.4 is 14.8 Å². The molecule has 0 atom stereocenters. The minimum Gasteiger partial charge on any atom is -0.493 e. The molecule has 0 aliphatic carbocycles. The molecule has 0 aliphatic heterocycles. The first-order chi connectivity index (χ1) is 9.24. The molecule has 19 heavy (non-hydrogen) atoms. The van der Waals surface area contributed by atoms with Crippen molar-refractivity contribution in [2.45, 2.75) is 6.54 Å². The van der Waals surface area contributed by atoms with Crippen LogP contribution in [0.25, 0.3) is 0 Å². The first-order valence-corrected chi connectivity index (χ1v) is 6.36. The molecule has 0 aliphatic rings. The highest BCUT2D eigenvalue weighted by molar-refractivity contribution is 6.31. The largest absolute Gasteiger partial charge is 0.493 e. The normalized spacial score (nSPS) is 10.3. The van der Waals surface area contributed by atoms with Crippen LogP contribution in [0.5, 0.6) is 17.2 Å². The summed E-state index contributed by atoms with van der Waals surface area (Å²) >= 11 is 6.20. The third-order valence-electron chi connectivity index (χ3n) is 2.69. The van der Waals surface area contributed by atoms with E-state index in [1.54, 1.807) is 13.2 Å². The fraction of sp³-hybridized carbons (Fsp3) is 0.200. The molecule has 2 rings (SSSR count). The Hall–Kier alpha value is -1.71. The maximum atomic E-state index is 6.20. The van der Waals surface area contributed by atoms with Crippen LogP contribution in [0.2, 0.25) is 5.02 Å². The number of benzene rings is 2. The van der Waals surface area contributed by atoms with Crippen molar-refractivity contribution >= 4 is 11.6 Å². The maximum absolute atomic E-state index is 6.20. The number of ether oxygens (including phenoxy) is 2. The number of halogens is 1. The topological polar surface area (TPSA) is 30.5 Å². The van der Waals surface area contributed by atoms with Gasteiger partial charge in [0.25, 0.3) is 0 Å². The van der Waals surface area contributed by atoms with Crippen LogP contribution in [-0.2, 0) is 6.54 Å². The van der Waals surface area contributed by atoms with Crippen LogP contribution in [0.4, 0.5) is 0 Å². The molecule has 0 saturated heterocycles. The SMILES string of the molecule is CNCc1ccc(Oc2ccccc2OC)cc1Cl. The fourth-order valence-corrected chi connectivity index (χ4v) is 1.99. The van der Waals surface area contributed by atoms with E-state index in [9.17, 15) is 0 Å². The lowest BCUT2D eigenvalue weighted by atomic mass is 10.2. The van der Waals surface area contributed by atoms with Gasteiger partial charge in [0.1, 0.15) is 5.75 Å². The van der Waals surface area contributed by atoms with Gasteiger partial charge in [0.05, 0.1) is 7.11 Å². The Labute approximate surface area is 118 Å². The molecule has 0 amide bonds. The lowest BCUT2D eigenvalue weighted by molar-refractivity contribution is 0.379. The Kier molecular flexibility index (Phi) is 4.66. The van der Waals surface area contributed by atoms with Crippen LogP contribution in [0, 0.1) is 0 Å². The van der Waals surface area contributed by atoms with Crippen LogP contribution in [0.3, 0.4) is 0 Å². The molecule has 0 bridgehead atoms. The Morgan fingerprint density at radius 3 is 2.47 bits per heavy atom. The van der Waals surface area contributed by atoms with Gasteiger partial charge in [-0.2, -0.15) is 0 Å². The second-order valence-electron chi connectivity index (χ2n) is 4.04. The molecule has 2 aromatic rings. The summed E-state index contributed by atoms with van der Waals surface area (Å²) in [6.07, 6.45) is 0. The number of hydrogen-bond donors (Lipinski definition) is 1. The minimum absolute atomic E-state index is 0.669. The summed E-state index contributed by atoms with van der Waals surface area (Å²) in [5.74, 6) is 2.05. The van der Waals surface area contributed by atoms with Crippen LogP contribution in [-0.4, -0.2) is 14.2 Å². The van der Waals surface area contributed by atoms with Crippen molar-refractivity contribution in [3.05, 3.63) is 53.1 Å². The van der Waals surface area contributed by atoms with Gasteiger partial charge in [-0.1, -0.05) is 29.8 Å². The molecule has 0 saturated carbocycles. The zero-order valence-electron chi connectivity index (χ0n) is 10.9. The highest BCUT2D eigenvalue weighted by Gasteiger charge is 2.06. The van der Waals surface area contributed by atoms with Gasteiger partial charge >= 0.3 is 0 Å². The van der Waals surface area contributed by atoms with E-state index < -0.39 is 0 Å². The minimum atomic E-state index is 0.669. The highest BCUT2D eigenvalue weighted by Crippen LogP contribution is 2.32. The molecule has 2 aromatic carbocycles. The van der Waals surface area contributed by atoms with E-state index in [2.05, 4.69) is 5.32 Å². The number of rotatable bonds is 5. The Bertz CT molecular complexity index is 558. The molecule has 0 spiro atoms. The summed E-state index contributed by atoms with van der Waals surface area (Å²) in [7, 11) is 3.50. The van der Waals surface area contributed by atoms with E-state index in [-0.39, 0.29) is 0 Å². The van der Waals surface area contributed by atoms with E-state index in [1.165, 1.54) is 0 Å². The smallest absolute Gasteiger partial charge is 0.169 e. The number of methoxy groups -OCH3 is 1. The lowest BCUT2D eigenvalue weighted by Gasteiger charge is -2.11. The predicted molar refractivity (Wildman–Crippen MR) is 77.3 cm³/mol. The molecule has 1 N–H and O–H groups in total. The quantitative estimate of drug-likeness (QED) is 0.900. The molecule has 0 heterocycles. The van der Waals surface area contributed by atoms with E-state index in [0.29, 0.717) is 22.3 Å². The molecule has 0 radical (unpaired) electrons. The first-order valence-electron chi connectivity index (χ1n) is 5.98. The molecule has 0 fully saturated rings. The van der Waals surface area contributed by atoms with E-state index in [4.69, 9.17) is 21.1 Å². The van der Waals surface area contributed by atoms with E-state index in [1.807, 2.05) is 43.4 Å². The monoisotopic (exact) mass is 277 g/mol. The van der Waals surface area contributed by atoms with Crippen LogP contribution in [0.1, 0.15) is 5.56 Å². The van der Waals surface area contributed by atoms with E-state index >= 15 is 0 Å². The fourth-order valence-electron chi connectivity index (χ4n) is 1.76. The van der Waals surface area contributed by atoms with Gasteiger partial charge in [-0.25, -0.2) is 0 Å². The van der Waals surface area contributed by atoms with Gasteiger partial charge in [0.15, 0.2) is 11.5 Å². The standard InChI is InChI=1S/C15H16ClNO2/c1-17-10-11-7-8-12(9-13(11)16)19-15-6-4-3-5-14(15)18-2/h3-9,17H,10H2,1-2H3. The molecular weight excluding hydrogens is 262 g/mol. The van der Waals surface area contributed by atoms with Gasteiger partial charge in [0, 0.05) is 11.6 Å². The van der Waals surface area contributed by atoms with Gasteiger partial charge in [-0.3, -0.25) is 0 Å². The average molecular weight is 278 g/mol. The van der Waals surface area contributed by atoms with Crippen molar-refractivity contribution in [3.63, 3.8) is 0 Å². The summed E-state index contributed by atoms with van der Waals surface area (Å²) < 4.78 is 11.0. The third-order valence-corrected chi connectivity index (χ3v) is 3.04. The molecule has 0 aromatic heterocycles. The zero-order valence-corrected chi connectivity index (χ0v) is 11.7. The van der Waals surface area contributed by atoms with Crippen molar-refractivity contribution in [2.75, 3.05) is 14.2 Å². The summed E-state index contributed by atoms with van der Waals surface area (Å²) in [6, 6.07) is 13.2. The van der Waals surface area contributed by atoms with Gasteiger partial charge in [-0.05, 0) is 36.9 Å². The van der Waals surface area contributed by atoms with Crippen molar-refractivity contribution < 1.29 is 9.47 Å².